The lowest BCUT2D eigenvalue weighted by Gasteiger charge is -2.28. The largest absolute Gasteiger partial charge is 0.378 e. The van der Waals surface area contributed by atoms with Crippen molar-refractivity contribution in [3.05, 3.63) is 112 Å². The maximum Gasteiger partial charge on any atom is 0.269 e. The number of morpholine rings is 1. The summed E-state index contributed by atoms with van der Waals surface area (Å²) < 4.78 is 62.4. The summed E-state index contributed by atoms with van der Waals surface area (Å²) in [5.74, 6) is 0. The van der Waals surface area contributed by atoms with Crippen LogP contribution >= 0.6 is 11.6 Å². The third-order valence-corrected chi connectivity index (χ3v) is 10.2. The smallest absolute Gasteiger partial charge is 0.269 e. The average molecular weight is 682 g/mol. The standard InChI is InChI=1S/C34H34ClF2N5O4S/c1-23-6-8-28(9-7-23)47(44,45)42-20-30(29-18-27(19-38-34(29)42)40-12-14-46-15-13-40)24-10-11-41(33(43)17-24)31(21-39(2)22-32(36)37)25-4-3-5-26(35)16-25/h3-11,16-20,31-32H,12-15,21-22H2,1-2H3. The van der Waals surface area contributed by atoms with Gasteiger partial charge in [0.2, 0.25) is 0 Å². The van der Waals surface area contributed by atoms with Gasteiger partial charge >= 0.3 is 0 Å². The highest BCUT2D eigenvalue weighted by atomic mass is 35.5. The molecule has 4 heterocycles. The number of nitrogens with zero attached hydrogens (tertiary/aromatic N) is 5. The number of fused-ring (bicyclic) bond motifs is 1. The molecular formula is C34H34ClF2N5O4S. The maximum absolute atomic E-state index is 13.9. The maximum atomic E-state index is 13.9. The van der Waals surface area contributed by atoms with Crippen molar-refractivity contribution in [2.75, 3.05) is 51.3 Å². The van der Waals surface area contributed by atoms with Gasteiger partial charge in [0.1, 0.15) is 0 Å². The molecular weight excluding hydrogens is 648 g/mol. The monoisotopic (exact) mass is 681 g/mol. The van der Waals surface area contributed by atoms with E-state index in [2.05, 4.69) is 9.88 Å². The molecule has 3 aromatic heterocycles. The molecule has 0 bridgehead atoms. The SMILES string of the molecule is Cc1ccc(S(=O)(=O)n2cc(-c3ccn(C(CN(C)CC(F)F)c4cccc(Cl)c4)c(=O)c3)c3cc(N4CCOCC4)cnc32)cc1. The van der Waals surface area contributed by atoms with Crippen LogP contribution in [-0.4, -0.2) is 79.7 Å². The van der Waals surface area contributed by atoms with Gasteiger partial charge in [-0.25, -0.2) is 26.2 Å². The van der Waals surface area contributed by atoms with Crippen LogP contribution in [0, 0.1) is 6.92 Å². The first-order chi connectivity index (χ1) is 22.5. The minimum atomic E-state index is -4.04. The van der Waals surface area contributed by atoms with Crippen LogP contribution in [0.1, 0.15) is 17.2 Å². The van der Waals surface area contributed by atoms with Crippen LogP contribution in [0.25, 0.3) is 22.2 Å². The van der Waals surface area contributed by atoms with E-state index < -0.39 is 34.6 Å². The first-order valence-corrected chi connectivity index (χ1v) is 16.9. The number of hydrogen-bond donors (Lipinski definition) is 0. The van der Waals surface area contributed by atoms with Crippen molar-refractivity contribution >= 4 is 38.3 Å². The molecule has 5 aromatic rings. The summed E-state index contributed by atoms with van der Waals surface area (Å²) in [6.45, 7) is 3.99. The number of hydrogen-bond acceptors (Lipinski definition) is 7. The molecule has 0 radical (unpaired) electrons. The third kappa shape index (κ3) is 6.96. The van der Waals surface area contributed by atoms with Gasteiger partial charge in [-0.2, -0.15) is 0 Å². The zero-order chi connectivity index (χ0) is 33.3. The molecule has 9 nitrogen and oxygen atoms in total. The highest BCUT2D eigenvalue weighted by molar-refractivity contribution is 7.90. The highest BCUT2D eigenvalue weighted by Gasteiger charge is 2.25. The number of benzene rings is 2. The van der Waals surface area contributed by atoms with Gasteiger partial charge in [-0.3, -0.25) is 9.69 Å². The summed E-state index contributed by atoms with van der Waals surface area (Å²) in [5.41, 5.74) is 3.26. The summed E-state index contributed by atoms with van der Waals surface area (Å²) in [5, 5.41) is 1.02. The number of aryl methyl sites for hydroxylation is 1. The molecule has 246 valence electrons. The van der Waals surface area contributed by atoms with Crippen LogP contribution in [0.15, 0.2) is 95.0 Å². The normalized spacial score (nSPS) is 14.7. The van der Waals surface area contributed by atoms with Crippen LogP contribution in [0.4, 0.5) is 14.5 Å². The van der Waals surface area contributed by atoms with Crippen LogP contribution in [0.2, 0.25) is 5.02 Å². The second-order valence-electron chi connectivity index (χ2n) is 11.7. The Morgan fingerprint density at radius 3 is 2.45 bits per heavy atom. The van der Waals surface area contributed by atoms with Crippen molar-refractivity contribution in [3.63, 3.8) is 0 Å². The van der Waals surface area contributed by atoms with Crippen LogP contribution in [-0.2, 0) is 14.8 Å². The summed E-state index contributed by atoms with van der Waals surface area (Å²) in [6, 6.07) is 18.0. The summed E-state index contributed by atoms with van der Waals surface area (Å²) >= 11 is 6.27. The lowest BCUT2D eigenvalue weighted by atomic mass is 10.0. The minimum absolute atomic E-state index is 0.110. The average Bonchev–Trinajstić information content (AvgIpc) is 3.44. The number of likely N-dealkylation sites (N-methyl/N-ethyl adjacent to an activating group) is 1. The molecule has 0 saturated carbocycles. The van der Waals surface area contributed by atoms with Crippen molar-refractivity contribution in [3.8, 4) is 11.1 Å². The van der Waals surface area contributed by atoms with Crippen molar-refractivity contribution in [1.82, 2.24) is 18.4 Å². The summed E-state index contributed by atoms with van der Waals surface area (Å²) in [4.78, 5) is 22.1. The van der Waals surface area contributed by atoms with Gasteiger partial charge in [0.25, 0.3) is 22.0 Å². The molecule has 1 fully saturated rings. The second-order valence-corrected chi connectivity index (χ2v) is 13.9. The van der Waals surface area contributed by atoms with Gasteiger partial charge < -0.3 is 14.2 Å². The van der Waals surface area contributed by atoms with E-state index in [1.54, 1.807) is 74.0 Å². The molecule has 1 unspecified atom stereocenters. The topological polar surface area (TPSA) is 89.7 Å². The fourth-order valence-electron chi connectivity index (χ4n) is 5.89. The van der Waals surface area contributed by atoms with Crippen molar-refractivity contribution < 1.29 is 21.9 Å². The van der Waals surface area contributed by atoms with Crippen LogP contribution in [0.5, 0.6) is 0 Å². The van der Waals surface area contributed by atoms with Crippen molar-refractivity contribution in [2.24, 2.45) is 0 Å². The number of alkyl halides is 2. The zero-order valence-corrected chi connectivity index (χ0v) is 27.5. The third-order valence-electron chi connectivity index (χ3n) is 8.31. The first-order valence-electron chi connectivity index (χ1n) is 15.1. The summed E-state index contributed by atoms with van der Waals surface area (Å²) in [6.07, 6.45) is 2.22. The molecule has 2 aromatic carbocycles. The Balaban J connectivity index is 1.48. The van der Waals surface area contributed by atoms with Crippen molar-refractivity contribution in [2.45, 2.75) is 24.3 Å². The van der Waals surface area contributed by atoms with Gasteiger partial charge in [-0.05, 0) is 61.5 Å². The Morgan fingerprint density at radius 2 is 1.77 bits per heavy atom. The van der Waals surface area contributed by atoms with Crippen LogP contribution < -0.4 is 10.5 Å². The Labute approximate surface area is 276 Å². The number of aromatic nitrogens is 3. The van der Waals surface area contributed by atoms with E-state index in [4.69, 9.17) is 16.3 Å². The number of ether oxygens (including phenoxy) is 1. The quantitative estimate of drug-likeness (QED) is 0.187. The van der Waals surface area contributed by atoms with E-state index in [1.165, 1.54) is 21.7 Å². The number of rotatable bonds is 10. The highest BCUT2D eigenvalue weighted by Crippen LogP contribution is 2.34. The Hall–Kier alpha value is -4.10. The fraction of sp³-hybridized carbons (Fsp3) is 0.294. The van der Waals surface area contributed by atoms with E-state index >= 15 is 0 Å². The van der Waals surface area contributed by atoms with Crippen LogP contribution in [0.3, 0.4) is 0 Å². The second kappa shape index (κ2) is 13.6. The molecule has 6 rings (SSSR count). The zero-order valence-electron chi connectivity index (χ0n) is 25.9. The van der Waals surface area contributed by atoms with E-state index in [-0.39, 0.29) is 17.1 Å². The van der Waals surface area contributed by atoms with E-state index in [9.17, 15) is 22.0 Å². The molecule has 1 aliphatic rings. The van der Waals surface area contributed by atoms with Gasteiger partial charge in [-0.1, -0.05) is 41.4 Å². The predicted octanol–water partition coefficient (Wildman–Crippen LogP) is 5.69. The van der Waals surface area contributed by atoms with Gasteiger partial charge in [0.05, 0.1) is 42.6 Å². The molecule has 1 atom stereocenters. The number of anilines is 1. The van der Waals surface area contributed by atoms with Gasteiger partial charge in [-0.15, -0.1) is 0 Å². The molecule has 47 heavy (non-hydrogen) atoms. The van der Waals surface area contributed by atoms with Gasteiger partial charge in [0, 0.05) is 54.1 Å². The van der Waals surface area contributed by atoms with E-state index in [0.29, 0.717) is 53.4 Å². The Morgan fingerprint density at radius 1 is 1.02 bits per heavy atom. The summed E-state index contributed by atoms with van der Waals surface area (Å²) in [7, 11) is -2.47. The van der Waals surface area contributed by atoms with E-state index in [1.807, 2.05) is 13.0 Å². The first kappa shape index (κ1) is 32.8. The van der Waals surface area contributed by atoms with Gasteiger partial charge in [0.15, 0.2) is 5.65 Å². The lowest BCUT2D eigenvalue weighted by Crippen LogP contribution is -2.36. The molecule has 0 aliphatic carbocycles. The lowest BCUT2D eigenvalue weighted by molar-refractivity contribution is 0.0959. The molecule has 1 aliphatic heterocycles. The molecule has 13 heteroatoms. The molecule has 0 spiro atoms. The van der Waals surface area contributed by atoms with Crippen molar-refractivity contribution in [1.29, 1.82) is 0 Å². The Kier molecular flexibility index (Phi) is 9.47. The van der Waals surface area contributed by atoms with E-state index in [0.717, 1.165) is 15.2 Å². The molecule has 0 amide bonds. The molecule has 1 saturated heterocycles. The number of pyridine rings is 2. The Bertz CT molecular complexity index is 2060. The molecule has 0 N–H and O–H groups in total. The predicted molar refractivity (Wildman–Crippen MR) is 179 cm³/mol. The fourth-order valence-corrected chi connectivity index (χ4v) is 7.41. The minimum Gasteiger partial charge on any atom is -0.378 e. The number of halogens is 3.